The average Bonchev–Trinajstić information content (AvgIpc) is 2.38. The highest BCUT2D eigenvalue weighted by molar-refractivity contribution is 7.92. The fourth-order valence-corrected chi connectivity index (χ4v) is 2.64. The SMILES string of the molecule is Cc1cccc(NS(=O)(=O)c2cccc(C(=O)O)c2)n1. The van der Waals surface area contributed by atoms with Crippen molar-refractivity contribution in [3.05, 3.63) is 53.7 Å². The molecule has 0 saturated carbocycles. The van der Waals surface area contributed by atoms with E-state index in [1.165, 1.54) is 24.3 Å². The van der Waals surface area contributed by atoms with Crippen LogP contribution in [0, 0.1) is 6.92 Å². The second kappa shape index (κ2) is 5.30. The Morgan fingerprint density at radius 1 is 1.20 bits per heavy atom. The van der Waals surface area contributed by atoms with Crippen LogP contribution in [0.5, 0.6) is 0 Å². The van der Waals surface area contributed by atoms with Gasteiger partial charge in [-0.15, -0.1) is 0 Å². The molecule has 0 bridgehead atoms. The van der Waals surface area contributed by atoms with Gasteiger partial charge in [-0.05, 0) is 37.3 Å². The van der Waals surface area contributed by atoms with Crippen molar-refractivity contribution in [2.45, 2.75) is 11.8 Å². The third kappa shape index (κ3) is 3.12. The first-order chi connectivity index (χ1) is 9.38. The zero-order chi connectivity index (χ0) is 14.8. The van der Waals surface area contributed by atoms with Crippen molar-refractivity contribution in [1.29, 1.82) is 0 Å². The van der Waals surface area contributed by atoms with Crippen molar-refractivity contribution in [2.24, 2.45) is 0 Å². The molecule has 2 N–H and O–H groups in total. The number of carboxylic acids is 1. The molecule has 0 radical (unpaired) electrons. The zero-order valence-electron chi connectivity index (χ0n) is 10.6. The largest absolute Gasteiger partial charge is 0.478 e. The molecule has 0 aliphatic rings. The van der Waals surface area contributed by atoms with Crippen molar-refractivity contribution >= 4 is 21.8 Å². The van der Waals surface area contributed by atoms with E-state index in [2.05, 4.69) is 9.71 Å². The molecule has 0 aliphatic heterocycles. The minimum Gasteiger partial charge on any atom is -0.478 e. The van der Waals surface area contributed by atoms with Gasteiger partial charge in [0, 0.05) is 5.69 Å². The number of hydrogen-bond acceptors (Lipinski definition) is 4. The summed E-state index contributed by atoms with van der Waals surface area (Å²) in [5.74, 6) is -0.999. The summed E-state index contributed by atoms with van der Waals surface area (Å²) < 4.78 is 26.6. The number of hydrogen-bond donors (Lipinski definition) is 2. The first-order valence-corrected chi connectivity index (χ1v) is 7.17. The molecular formula is C13H12N2O4S. The summed E-state index contributed by atoms with van der Waals surface area (Å²) in [6.07, 6.45) is 0. The molecule has 20 heavy (non-hydrogen) atoms. The van der Waals surface area contributed by atoms with Gasteiger partial charge in [0.15, 0.2) is 0 Å². The first-order valence-electron chi connectivity index (χ1n) is 5.68. The van der Waals surface area contributed by atoms with Gasteiger partial charge >= 0.3 is 5.97 Å². The molecule has 2 aromatic rings. The van der Waals surface area contributed by atoms with Crippen LogP contribution in [0.4, 0.5) is 5.82 Å². The maximum Gasteiger partial charge on any atom is 0.335 e. The van der Waals surface area contributed by atoms with E-state index in [0.717, 1.165) is 6.07 Å². The number of nitrogens with zero attached hydrogens (tertiary/aromatic N) is 1. The molecule has 0 fully saturated rings. The maximum absolute atomic E-state index is 12.1. The molecule has 2 rings (SSSR count). The van der Waals surface area contributed by atoms with E-state index in [-0.39, 0.29) is 16.3 Å². The molecule has 1 heterocycles. The van der Waals surface area contributed by atoms with Gasteiger partial charge in [0.1, 0.15) is 5.82 Å². The number of benzene rings is 1. The van der Waals surface area contributed by atoms with Gasteiger partial charge in [-0.25, -0.2) is 18.2 Å². The molecule has 0 atom stereocenters. The molecule has 1 aromatic carbocycles. The number of sulfonamides is 1. The fraction of sp³-hybridized carbons (Fsp3) is 0.0769. The van der Waals surface area contributed by atoms with Crippen LogP contribution in [0.25, 0.3) is 0 Å². The second-order valence-corrected chi connectivity index (χ2v) is 5.79. The molecular weight excluding hydrogens is 280 g/mol. The molecule has 0 saturated heterocycles. The lowest BCUT2D eigenvalue weighted by molar-refractivity contribution is 0.0696. The monoisotopic (exact) mass is 292 g/mol. The highest BCUT2D eigenvalue weighted by atomic mass is 32.2. The van der Waals surface area contributed by atoms with Gasteiger partial charge in [-0.1, -0.05) is 12.1 Å². The highest BCUT2D eigenvalue weighted by Gasteiger charge is 2.16. The van der Waals surface area contributed by atoms with E-state index in [0.29, 0.717) is 5.69 Å². The third-order valence-electron chi connectivity index (χ3n) is 2.52. The highest BCUT2D eigenvalue weighted by Crippen LogP contribution is 2.16. The van der Waals surface area contributed by atoms with Crippen LogP contribution in [0.2, 0.25) is 0 Å². The standard InChI is InChI=1S/C13H12N2O4S/c1-9-4-2-7-12(14-9)15-20(18,19)11-6-3-5-10(8-11)13(16)17/h2-8H,1H3,(H,14,15)(H,16,17). The van der Waals surface area contributed by atoms with Crippen LogP contribution in [-0.4, -0.2) is 24.5 Å². The van der Waals surface area contributed by atoms with Crippen LogP contribution < -0.4 is 4.72 Å². The van der Waals surface area contributed by atoms with Gasteiger partial charge < -0.3 is 5.11 Å². The Kier molecular flexibility index (Phi) is 3.71. The molecule has 0 amide bonds. The van der Waals surface area contributed by atoms with Gasteiger partial charge in [0.2, 0.25) is 0 Å². The lowest BCUT2D eigenvalue weighted by Crippen LogP contribution is -2.14. The van der Waals surface area contributed by atoms with Gasteiger partial charge in [-0.2, -0.15) is 0 Å². The number of nitrogens with one attached hydrogen (secondary N) is 1. The number of aryl methyl sites for hydroxylation is 1. The Bertz CT molecular complexity index is 756. The predicted octanol–water partition coefficient (Wildman–Crippen LogP) is 1.89. The maximum atomic E-state index is 12.1. The predicted molar refractivity (Wildman–Crippen MR) is 73.2 cm³/mol. The molecule has 1 aromatic heterocycles. The molecule has 7 heteroatoms. The molecule has 104 valence electrons. The summed E-state index contributed by atoms with van der Waals surface area (Å²) in [5, 5.41) is 8.87. The summed E-state index contributed by atoms with van der Waals surface area (Å²) in [6.45, 7) is 1.74. The average molecular weight is 292 g/mol. The molecule has 6 nitrogen and oxygen atoms in total. The summed E-state index contributed by atoms with van der Waals surface area (Å²) in [6, 6.07) is 10.1. The van der Waals surface area contributed by atoms with Crippen LogP contribution >= 0.6 is 0 Å². The van der Waals surface area contributed by atoms with Crippen LogP contribution in [0.1, 0.15) is 16.1 Å². The quantitative estimate of drug-likeness (QED) is 0.897. The summed E-state index contributed by atoms with van der Waals surface area (Å²) in [5.41, 5.74) is 0.578. The number of carboxylic acid groups (broad SMARTS) is 1. The van der Waals surface area contributed by atoms with E-state index in [1.54, 1.807) is 19.1 Å². The Hall–Kier alpha value is -2.41. The smallest absolute Gasteiger partial charge is 0.335 e. The van der Waals surface area contributed by atoms with Crippen LogP contribution in [0.15, 0.2) is 47.4 Å². The van der Waals surface area contributed by atoms with Crippen molar-refractivity contribution in [1.82, 2.24) is 4.98 Å². The second-order valence-electron chi connectivity index (χ2n) is 4.10. The number of anilines is 1. The fourth-order valence-electron chi connectivity index (χ4n) is 1.59. The van der Waals surface area contributed by atoms with E-state index >= 15 is 0 Å². The Balaban J connectivity index is 2.35. The number of carbonyl (C=O) groups is 1. The molecule has 0 aliphatic carbocycles. The van der Waals surface area contributed by atoms with Crippen LogP contribution in [0.3, 0.4) is 0 Å². The molecule has 0 spiro atoms. The van der Waals surface area contributed by atoms with E-state index in [1.807, 2.05) is 0 Å². The third-order valence-corrected chi connectivity index (χ3v) is 3.87. The van der Waals surface area contributed by atoms with Gasteiger partial charge in [-0.3, -0.25) is 4.72 Å². The summed E-state index contributed by atoms with van der Waals surface area (Å²) in [4.78, 5) is 14.8. The number of aromatic nitrogens is 1. The Morgan fingerprint density at radius 2 is 1.90 bits per heavy atom. The van der Waals surface area contributed by atoms with Crippen LogP contribution in [-0.2, 0) is 10.0 Å². The van der Waals surface area contributed by atoms with E-state index in [4.69, 9.17) is 5.11 Å². The van der Waals surface area contributed by atoms with E-state index < -0.39 is 16.0 Å². The Morgan fingerprint density at radius 3 is 2.55 bits per heavy atom. The topological polar surface area (TPSA) is 96.4 Å². The minimum atomic E-state index is -3.86. The van der Waals surface area contributed by atoms with Crippen molar-refractivity contribution < 1.29 is 18.3 Å². The van der Waals surface area contributed by atoms with Crippen molar-refractivity contribution in [3.63, 3.8) is 0 Å². The van der Waals surface area contributed by atoms with Crippen molar-refractivity contribution in [3.8, 4) is 0 Å². The molecule has 0 unspecified atom stereocenters. The minimum absolute atomic E-state index is 0.0925. The van der Waals surface area contributed by atoms with Gasteiger partial charge in [0.05, 0.1) is 10.5 Å². The number of pyridine rings is 1. The number of aromatic carboxylic acids is 1. The summed E-state index contributed by atoms with van der Waals surface area (Å²) in [7, 11) is -3.86. The van der Waals surface area contributed by atoms with E-state index in [9.17, 15) is 13.2 Å². The lowest BCUT2D eigenvalue weighted by Gasteiger charge is -2.08. The first kappa shape index (κ1) is 14.0. The van der Waals surface area contributed by atoms with Gasteiger partial charge in [0.25, 0.3) is 10.0 Å². The normalized spacial score (nSPS) is 11.1. The lowest BCUT2D eigenvalue weighted by atomic mass is 10.2. The van der Waals surface area contributed by atoms with Crippen molar-refractivity contribution in [2.75, 3.05) is 4.72 Å². The number of rotatable bonds is 4. The summed E-state index contributed by atoms with van der Waals surface area (Å²) >= 11 is 0. The Labute approximate surface area is 116 Å². The zero-order valence-corrected chi connectivity index (χ0v) is 11.4.